The van der Waals surface area contributed by atoms with Crippen LogP contribution in [0.25, 0.3) is 0 Å². The summed E-state index contributed by atoms with van der Waals surface area (Å²) in [7, 11) is 0. The Morgan fingerprint density at radius 1 is 0.267 bits per heavy atom. The SMILES string of the molecule is [CH2]CCCCC/C=C/CCCCCCCCCCCCCCCCCCCCC[CH2]. The third-order valence-corrected chi connectivity index (χ3v) is 6.41. The van der Waals surface area contributed by atoms with Gasteiger partial charge in [0.1, 0.15) is 0 Å². The van der Waals surface area contributed by atoms with Gasteiger partial charge in [0, 0.05) is 0 Å². The van der Waals surface area contributed by atoms with Crippen molar-refractivity contribution < 1.29 is 0 Å². The smallest absolute Gasteiger partial charge is 0.0351 e. The van der Waals surface area contributed by atoms with Crippen LogP contribution in [0.2, 0.25) is 0 Å². The number of allylic oxidation sites excluding steroid dienone is 2. The summed E-state index contributed by atoms with van der Waals surface area (Å²) in [6.07, 6.45) is 41.2. The number of hydrogen-bond donors (Lipinski definition) is 0. The van der Waals surface area contributed by atoms with Gasteiger partial charge in [-0.3, -0.25) is 0 Å². The van der Waals surface area contributed by atoms with Crippen LogP contribution in [0.1, 0.15) is 167 Å². The lowest BCUT2D eigenvalue weighted by Gasteiger charge is -2.04. The fraction of sp³-hybridized carbons (Fsp3) is 0.867. The van der Waals surface area contributed by atoms with Crippen molar-refractivity contribution in [2.75, 3.05) is 0 Å². The molecule has 2 radical (unpaired) electrons. The molecule has 178 valence electrons. The van der Waals surface area contributed by atoms with Gasteiger partial charge in [-0.05, 0) is 25.7 Å². The highest BCUT2D eigenvalue weighted by atomic mass is 14.0. The van der Waals surface area contributed by atoms with Crippen molar-refractivity contribution in [3.8, 4) is 0 Å². The molecule has 0 unspecified atom stereocenters. The second kappa shape index (κ2) is 28.7. The maximum absolute atomic E-state index is 3.91. The quantitative estimate of drug-likeness (QED) is 0.0967. The maximum Gasteiger partial charge on any atom is -0.0351 e. The van der Waals surface area contributed by atoms with E-state index in [1.165, 1.54) is 154 Å². The van der Waals surface area contributed by atoms with E-state index in [4.69, 9.17) is 0 Å². The van der Waals surface area contributed by atoms with Gasteiger partial charge in [-0.25, -0.2) is 0 Å². The summed E-state index contributed by atoms with van der Waals surface area (Å²) < 4.78 is 0. The first kappa shape index (κ1) is 29.7. The Balaban J connectivity index is 3.02. The average Bonchev–Trinajstić information content (AvgIpc) is 2.76. The highest BCUT2D eigenvalue weighted by Gasteiger charge is 1.95. The average molecular weight is 419 g/mol. The van der Waals surface area contributed by atoms with Gasteiger partial charge < -0.3 is 0 Å². The highest BCUT2D eigenvalue weighted by molar-refractivity contribution is 4.81. The number of unbranched alkanes of at least 4 members (excludes halogenated alkanes) is 24. The van der Waals surface area contributed by atoms with Crippen molar-refractivity contribution in [1.29, 1.82) is 0 Å². The van der Waals surface area contributed by atoms with Crippen molar-refractivity contribution in [1.82, 2.24) is 0 Å². The third kappa shape index (κ3) is 27.7. The molecular formula is C30H58. The monoisotopic (exact) mass is 418 g/mol. The molecule has 0 fully saturated rings. The fourth-order valence-electron chi connectivity index (χ4n) is 4.30. The molecule has 0 aromatic heterocycles. The summed E-state index contributed by atoms with van der Waals surface area (Å²) in [6.45, 7) is 7.81. The zero-order valence-electron chi connectivity index (χ0n) is 21.0. The molecule has 0 heteroatoms. The first-order valence-corrected chi connectivity index (χ1v) is 14.1. The summed E-state index contributed by atoms with van der Waals surface area (Å²) in [5.41, 5.74) is 0. The van der Waals surface area contributed by atoms with Crippen LogP contribution in [0.5, 0.6) is 0 Å². The minimum atomic E-state index is 1.10. The van der Waals surface area contributed by atoms with Crippen LogP contribution in [0, 0.1) is 13.8 Å². The molecule has 0 spiro atoms. The summed E-state index contributed by atoms with van der Waals surface area (Å²) in [4.78, 5) is 0. The summed E-state index contributed by atoms with van der Waals surface area (Å²) >= 11 is 0. The van der Waals surface area contributed by atoms with Gasteiger partial charge in [0.15, 0.2) is 0 Å². The van der Waals surface area contributed by atoms with E-state index in [1.807, 2.05) is 0 Å². The fourth-order valence-corrected chi connectivity index (χ4v) is 4.30. The van der Waals surface area contributed by atoms with E-state index in [1.54, 1.807) is 0 Å². The lowest BCUT2D eigenvalue weighted by Crippen LogP contribution is -1.84. The largest absolute Gasteiger partial charge is 0.0885 e. The molecule has 0 aliphatic rings. The maximum atomic E-state index is 3.91. The van der Waals surface area contributed by atoms with Crippen LogP contribution in [-0.4, -0.2) is 0 Å². The van der Waals surface area contributed by atoms with Crippen molar-refractivity contribution in [2.45, 2.75) is 167 Å². The zero-order chi connectivity index (χ0) is 21.8. The minimum absolute atomic E-state index is 1.10. The Kier molecular flexibility index (Phi) is 28.5. The van der Waals surface area contributed by atoms with E-state index in [9.17, 15) is 0 Å². The molecule has 0 aliphatic heterocycles. The topological polar surface area (TPSA) is 0 Å². The van der Waals surface area contributed by atoms with Crippen LogP contribution in [-0.2, 0) is 0 Å². The van der Waals surface area contributed by atoms with Crippen LogP contribution in [0.4, 0.5) is 0 Å². The molecule has 0 aromatic rings. The second-order valence-corrected chi connectivity index (χ2v) is 9.53. The van der Waals surface area contributed by atoms with Gasteiger partial charge in [0.05, 0.1) is 0 Å². The van der Waals surface area contributed by atoms with Crippen molar-refractivity contribution in [2.24, 2.45) is 0 Å². The van der Waals surface area contributed by atoms with E-state index in [-0.39, 0.29) is 0 Å². The van der Waals surface area contributed by atoms with Gasteiger partial charge in [0.25, 0.3) is 0 Å². The molecule has 0 rings (SSSR count). The first-order chi connectivity index (χ1) is 14.9. The predicted molar refractivity (Wildman–Crippen MR) is 140 cm³/mol. The van der Waals surface area contributed by atoms with Crippen molar-refractivity contribution in [3.63, 3.8) is 0 Å². The van der Waals surface area contributed by atoms with E-state index >= 15 is 0 Å². The molecule has 0 bridgehead atoms. The van der Waals surface area contributed by atoms with Crippen molar-refractivity contribution in [3.05, 3.63) is 26.0 Å². The van der Waals surface area contributed by atoms with Gasteiger partial charge in [-0.1, -0.05) is 167 Å². The molecule has 30 heavy (non-hydrogen) atoms. The molecule has 0 aliphatic carbocycles. The third-order valence-electron chi connectivity index (χ3n) is 6.41. The standard InChI is InChI=1S/C30H58/c1-3-5-7-9-11-13-15-17-19-21-23-25-27-29-30-28-26-24-22-20-18-16-14-12-10-8-6-4-2/h13,15H,1-12,14,16-30H2/b15-13+. The van der Waals surface area contributed by atoms with E-state index in [0.717, 1.165) is 12.8 Å². The first-order valence-electron chi connectivity index (χ1n) is 14.1. The molecule has 0 saturated heterocycles. The van der Waals surface area contributed by atoms with E-state index in [2.05, 4.69) is 26.0 Å². The van der Waals surface area contributed by atoms with Crippen LogP contribution in [0.3, 0.4) is 0 Å². The Labute approximate surface area is 193 Å². The van der Waals surface area contributed by atoms with Crippen molar-refractivity contribution >= 4 is 0 Å². The molecule has 0 amide bonds. The van der Waals surface area contributed by atoms with Crippen LogP contribution >= 0.6 is 0 Å². The molecule has 0 heterocycles. The predicted octanol–water partition coefficient (Wildman–Crippen LogP) is 11.4. The second-order valence-electron chi connectivity index (χ2n) is 9.53. The number of rotatable bonds is 26. The Morgan fingerprint density at radius 2 is 0.467 bits per heavy atom. The Hall–Kier alpha value is -0.260. The Bertz CT molecular complexity index is 303. The van der Waals surface area contributed by atoms with E-state index < -0.39 is 0 Å². The van der Waals surface area contributed by atoms with Crippen LogP contribution in [0.15, 0.2) is 12.2 Å². The molecule has 0 saturated carbocycles. The molecule has 0 aromatic carbocycles. The summed E-state index contributed by atoms with van der Waals surface area (Å²) in [5.74, 6) is 0. The summed E-state index contributed by atoms with van der Waals surface area (Å²) in [6, 6.07) is 0. The molecule has 0 nitrogen and oxygen atoms in total. The van der Waals surface area contributed by atoms with Gasteiger partial charge in [-0.2, -0.15) is 0 Å². The lowest BCUT2D eigenvalue weighted by atomic mass is 10.0. The molecular weight excluding hydrogens is 360 g/mol. The number of hydrogen-bond acceptors (Lipinski definition) is 0. The Morgan fingerprint density at radius 3 is 0.733 bits per heavy atom. The normalized spacial score (nSPS) is 11.7. The minimum Gasteiger partial charge on any atom is -0.0885 e. The molecule has 0 N–H and O–H groups in total. The summed E-state index contributed by atoms with van der Waals surface area (Å²) in [5, 5.41) is 0. The van der Waals surface area contributed by atoms with Crippen LogP contribution < -0.4 is 0 Å². The van der Waals surface area contributed by atoms with Gasteiger partial charge >= 0.3 is 0 Å². The zero-order valence-corrected chi connectivity index (χ0v) is 21.0. The van der Waals surface area contributed by atoms with Gasteiger partial charge in [-0.15, -0.1) is 0 Å². The lowest BCUT2D eigenvalue weighted by molar-refractivity contribution is 0.522. The molecule has 0 atom stereocenters. The van der Waals surface area contributed by atoms with E-state index in [0.29, 0.717) is 0 Å². The highest BCUT2D eigenvalue weighted by Crippen LogP contribution is 2.15. The van der Waals surface area contributed by atoms with Gasteiger partial charge in [0.2, 0.25) is 0 Å².